The zero-order chi connectivity index (χ0) is 15.2. The van der Waals surface area contributed by atoms with Crippen LogP contribution in [-0.2, 0) is 0 Å². The van der Waals surface area contributed by atoms with Gasteiger partial charge in [-0.25, -0.2) is 4.98 Å². The van der Waals surface area contributed by atoms with Gasteiger partial charge in [-0.2, -0.15) is 24.7 Å². The third-order valence-electron chi connectivity index (χ3n) is 2.82. The molecule has 1 atom stereocenters. The largest absolute Gasteiger partial charge is 0.391 e. The zero-order valence-corrected chi connectivity index (χ0v) is 12.4. The third kappa shape index (κ3) is 4.09. The van der Waals surface area contributed by atoms with E-state index in [1.807, 2.05) is 20.8 Å². The van der Waals surface area contributed by atoms with Gasteiger partial charge in [-0.05, 0) is 12.8 Å². The van der Waals surface area contributed by atoms with Crippen molar-refractivity contribution in [2.45, 2.75) is 26.9 Å². The summed E-state index contributed by atoms with van der Waals surface area (Å²) in [5.74, 6) is 1.34. The van der Waals surface area contributed by atoms with Crippen LogP contribution in [0.2, 0.25) is 0 Å². The maximum atomic E-state index is 9.84. The Labute approximate surface area is 122 Å². The molecule has 2 aromatic heterocycles. The van der Waals surface area contributed by atoms with Crippen molar-refractivity contribution in [2.75, 3.05) is 23.7 Å². The third-order valence-corrected chi connectivity index (χ3v) is 2.82. The van der Waals surface area contributed by atoms with Crippen molar-refractivity contribution >= 4 is 11.9 Å². The number of anilines is 2. The Balaban J connectivity index is 2.19. The van der Waals surface area contributed by atoms with Gasteiger partial charge in [0.15, 0.2) is 0 Å². The van der Waals surface area contributed by atoms with Gasteiger partial charge >= 0.3 is 0 Å². The van der Waals surface area contributed by atoms with E-state index < -0.39 is 6.10 Å². The van der Waals surface area contributed by atoms with Gasteiger partial charge in [0.2, 0.25) is 11.9 Å². The maximum absolute atomic E-state index is 9.84. The molecule has 3 N–H and O–H groups in total. The van der Waals surface area contributed by atoms with Gasteiger partial charge in [-0.3, -0.25) is 0 Å². The second kappa shape index (κ2) is 6.93. The van der Waals surface area contributed by atoms with E-state index in [2.05, 4.69) is 35.7 Å². The minimum atomic E-state index is -0.473. The van der Waals surface area contributed by atoms with E-state index >= 15 is 0 Å². The van der Waals surface area contributed by atoms with E-state index in [1.54, 1.807) is 0 Å². The highest BCUT2D eigenvalue weighted by atomic mass is 16.3. The lowest BCUT2D eigenvalue weighted by Gasteiger charge is -2.15. The number of nitrogens with zero attached hydrogens (tertiary/aromatic N) is 6. The first kappa shape index (κ1) is 15.1. The molecule has 0 radical (unpaired) electrons. The molecule has 21 heavy (non-hydrogen) atoms. The van der Waals surface area contributed by atoms with Gasteiger partial charge in [0.25, 0.3) is 5.95 Å². The van der Waals surface area contributed by atoms with E-state index in [0.717, 1.165) is 0 Å². The van der Waals surface area contributed by atoms with Crippen molar-refractivity contribution in [3.8, 4) is 5.95 Å². The number of aromatic nitrogens is 6. The molecule has 0 aliphatic heterocycles. The summed E-state index contributed by atoms with van der Waals surface area (Å²) in [4.78, 5) is 16.6. The monoisotopic (exact) mass is 292 g/mol. The number of aliphatic hydroxyl groups is 1. The number of hydrogen-bond donors (Lipinski definition) is 3. The Morgan fingerprint density at radius 1 is 1.19 bits per heavy atom. The quantitative estimate of drug-likeness (QED) is 0.668. The predicted molar refractivity (Wildman–Crippen MR) is 78.2 cm³/mol. The summed E-state index contributed by atoms with van der Waals surface area (Å²) in [7, 11) is 0. The first-order valence-corrected chi connectivity index (χ1v) is 6.87. The van der Waals surface area contributed by atoms with Gasteiger partial charge in [0, 0.05) is 13.1 Å². The molecule has 2 rings (SSSR count). The topological polar surface area (TPSA) is 114 Å². The van der Waals surface area contributed by atoms with Crippen LogP contribution in [0.4, 0.5) is 11.9 Å². The van der Waals surface area contributed by atoms with Crippen LogP contribution in [0.25, 0.3) is 5.95 Å². The van der Waals surface area contributed by atoms with Gasteiger partial charge in [-0.15, -0.1) is 0 Å². The SMILES string of the molecule is CCNc1nc(NCC(O)C(C)C)nc(-n2cncn2)n1. The molecule has 0 spiro atoms. The maximum Gasteiger partial charge on any atom is 0.258 e. The van der Waals surface area contributed by atoms with Gasteiger partial charge in [-0.1, -0.05) is 13.8 Å². The van der Waals surface area contributed by atoms with E-state index in [-0.39, 0.29) is 5.92 Å². The van der Waals surface area contributed by atoms with Gasteiger partial charge < -0.3 is 15.7 Å². The Bertz CT molecular complexity index is 556. The molecular weight excluding hydrogens is 272 g/mol. The first-order valence-electron chi connectivity index (χ1n) is 6.87. The molecule has 0 bridgehead atoms. The molecule has 0 aliphatic carbocycles. The van der Waals surface area contributed by atoms with Crippen LogP contribution in [0.5, 0.6) is 0 Å². The smallest absolute Gasteiger partial charge is 0.258 e. The van der Waals surface area contributed by atoms with E-state index in [0.29, 0.717) is 30.9 Å². The fraction of sp³-hybridized carbons (Fsp3) is 0.583. The molecule has 0 amide bonds. The zero-order valence-electron chi connectivity index (χ0n) is 12.4. The average Bonchev–Trinajstić information content (AvgIpc) is 2.99. The molecule has 0 fully saturated rings. The molecule has 2 heterocycles. The van der Waals surface area contributed by atoms with Crippen molar-refractivity contribution in [3.05, 3.63) is 12.7 Å². The van der Waals surface area contributed by atoms with Crippen molar-refractivity contribution in [1.29, 1.82) is 0 Å². The lowest BCUT2D eigenvalue weighted by Crippen LogP contribution is -2.26. The highest BCUT2D eigenvalue weighted by molar-refractivity contribution is 5.37. The predicted octanol–water partition coefficient (Wildman–Crippen LogP) is 0.313. The Kier molecular flexibility index (Phi) is 4.99. The number of aliphatic hydroxyl groups excluding tert-OH is 1. The summed E-state index contributed by atoms with van der Waals surface area (Å²) in [6, 6.07) is 0. The molecule has 0 saturated heterocycles. The fourth-order valence-corrected chi connectivity index (χ4v) is 1.53. The molecule has 114 valence electrons. The Morgan fingerprint density at radius 3 is 2.48 bits per heavy atom. The molecule has 0 aliphatic rings. The highest BCUT2D eigenvalue weighted by Crippen LogP contribution is 2.09. The summed E-state index contributed by atoms with van der Waals surface area (Å²) >= 11 is 0. The summed E-state index contributed by atoms with van der Waals surface area (Å²) in [5.41, 5.74) is 0. The number of rotatable bonds is 7. The Hall–Kier alpha value is -2.29. The van der Waals surface area contributed by atoms with Crippen molar-refractivity contribution in [3.63, 3.8) is 0 Å². The molecule has 1 unspecified atom stereocenters. The van der Waals surface area contributed by atoms with E-state index in [9.17, 15) is 5.11 Å². The van der Waals surface area contributed by atoms with E-state index in [1.165, 1.54) is 17.3 Å². The van der Waals surface area contributed by atoms with Crippen LogP contribution >= 0.6 is 0 Å². The average molecular weight is 292 g/mol. The minimum Gasteiger partial charge on any atom is -0.391 e. The number of nitrogens with one attached hydrogen (secondary N) is 2. The number of hydrogen-bond acceptors (Lipinski definition) is 8. The van der Waals surface area contributed by atoms with Crippen molar-refractivity contribution < 1.29 is 5.11 Å². The molecule has 0 aromatic carbocycles. The first-order chi connectivity index (χ1) is 10.1. The lowest BCUT2D eigenvalue weighted by molar-refractivity contribution is 0.137. The standard InChI is InChI=1S/C12H20N8O/c1-4-14-10-17-11(15-5-9(21)8(2)3)19-12(18-10)20-7-13-6-16-20/h6-9,21H,4-5H2,1-3H3,(H2,14,15,17,18,19). The molecule has 2 aromatic rings. The van der Waals surface area contributed by atoms with Crippen LogP contribution in [0.15, 0.2) is 12.7 Å². The van der Waals surface area contributed by atoms with Crippen molar-refractivity contribution in [2.24, 2.45) is 5.92 Å². The lowest BCUT2D eigenvalue weighted by atomic mass is 10.1. The van der Waals surface area contributed by atoms with Crippen molar-refractivity contribution in [1.82, 2.24) is 29.7 Å². The second-order valence-electron chi connectivity index (χ2n) is 4.85. The van der Waals surface area contributed by atoms with Crippen LogP contribution in [0, 0.1) is 5.92 Å². The van der Waals surface area contributed by atoms with Gasteiger partial charge in [0.1, 0.15) is 12.7 Å². The van der Waals surface area contributed by atoms with Gasteiger partial charge in [0.05, 0.1) is 6.10 Å². The molecule has 9 heteroatoms. The Morgan fingerprint density at radius 2 is 1.90 bits per heavy atom. The normalized spacial score (nSPS) is 12.4. The molecule has 9 nitrogen and oxygen atoms in total. The highest BCUT2D eigenvalue weighted by Gasteiger charge is 2.12. The fourth-order valence-electron chi connectivity index (χ4n) is 1.53. The molecule has 0 saturated carbocycles. The van der Waals surface area contributed by atoms with Crippen LogP contribution in [0.1, 0.15) is 20.8 Å². The summed E-state index contributed by atoms with van der Waals surface area (Å²) in [6.07, 6.45) is 2.45. The summed E-state index contributed by atoms with van der Waals surface area (Å²) in [6.45, 7) is 6.91. The summed E-state index contributed by atoms with van der Waals surface area (Å²) in [5, 5.41) is 19.9. The second-order valence-corrected chi connectivity index (χ2v) is 4.85. The molecular formula is C12H20N8O. The van der Waals surface area contributed by atoms with Crippen LogP contribution in [-0.4, -0.2) is 54.0 Å². The van der Waals surface area contributed by atoms with Crippen LogP contribution < -0.4 is 10.6 Å². The van der Waals surface area contributed by atoms with E-state index in [4.69, 9.17) is 0 Å². The summed E-state index contributed by atoms with van der Waals surface area (Å²) < 4.78 is 1.45. The minimum absolute atomic E-state index is 0.155. The van der Waals surface area contributed by atoms with Crippen LogP contribution in [0.3, 0.4) is 0 Å².